The molecule has 0 aliphatic carbocycles. The fraction of sp³-hybridized carbons (Fsp3) is 0.350. The highest BCUT2D eigenvalue weighted by atomic mass is 16.5. The topological polar surface area (TPSA) is 80.7 Å². The van der Waals surface area contributed by atoms with Crippen molar-refractivity contribution in [2.24, 2.45) is 12.0 Å². The van der Waals surface area contributed by atoms with Gasteiger partial charge in [0.05, 0.1) is 25.9 Å². The molecule has 3 aromatic rings. The Morgan fingerprint density at radius 1 is 1.32 bits per heavy atom. The van der Waals surface area contributed by atoms with E-state index in [-0.39, 0.29) is 6.10 Å². The fourth-order valence-corrected chi connectivity index (χ4v) is 3.29. The van der Waals surface area contributed by atoms with Gasteiger partial charge in [-0.25, -0.2) is 0 Å². The molecule has 0 bridgehead atoms. The Morgan fingerprint density at radius 2 is 2.18 bits per heavy atom. The van der Waals surface area contributed by atoms with Gasteiger partial charge in [-0.15, -0.1) is 0 Å². The van der Waals surface area contributed by atoms with Crippen molar-refractivity contribution >= 4 is 5.96 Å². The molecule has 1 N–H and O–H groups in total. The summed E-state index contributed by atoms with van der Waals surface area (Å²) >= 11 is 0. The highest BCUT2D eigenvalue weighted by Crippen LogP contribution is 2.22. The minimum Gasteiger partial charge on any atom is -0.370 e. The molecule has 0 radical (unpaired) electrons. The lowest BCUT2D eigenvalue weighted by molar-refractivity contribution is -0.00808. The quantitative estimate of drug-likeness (QED) is 0.552. The third-order valence-corrected chi connectivity index (χ3v) is 4.72. The van der Waals surface area contributed by atoms with Crippen LogP contribution in [0.2, 0.25) is 0 Å². The number of nitrogens with one attached hydrogen (secondary N) is 1. The molecular weight excluding hydrogens is 356 g/mol. The molecule has 1 aliphatic heterocycles. The van der Waals surface area contributed by atoms with E-state index in [4.69, 9.17) is 9.26 Å². The van der Waals surface area contributed by atoms with Gasteiger partial charge in [-0.3, -0.25) is 9.67 Å². The van der Waals surface area contributed by atoms with Gasteiger partial charge >= 0.3 is 0 Å². The van der Waals surface area contributed by atoms with Crippen molar-refractivity contribution in [1.29, 1.82) is 0 Å². The van der Waals surface area contributed by atoms with Gasteiger partial charge < -0.3 is 19.5 Å². The summed E-state index contributed by atoms with van der Waals surface area (Å²) in [4.78, 5) is 6.61. The van der Waals surface area contributed by atoms with Crippen LogP contribution in [0.3, 0.4) is 0 Å². The lowest BCUT2D eigenvalue weighted by Crippen LogP contribution is -2.47. The van der Waals surface area contributed by atoms with Gasteiger partial charge in [-0.2, -0.15) is 5.10 Å². The summed E-state index contributed by atoms with van der Waals surface area (Å²) in [5, 5.41) is 11.8. The molecule has 3 heterocycles. The number of hydrogen-bond donors (Lipinski definition) is 1. The molecule has 146 valence electrons. The predicted octanol–water partition coefficient (Wildman–Crippen LogP) is 2.22. The van der Waals surface area contributed by atoms with Gasteiger partial charge in [-0.05, 0) is 0 Å². The minimum atomic E-state index is -0.0176. The largest absolute Gasteiger partial charge is 0.370 e. The van der Waals surface area contributed by atoms with Crippen molar-refractivity contribution in [2.75, 3.05) is 26.7 Å². The number of aromatic nitrogens is 3. The first kappa shape index (κ1) is 18.2. The van der Waals surface area contributed by atoms with Gasteiger partial charge in [0.2, 0.25) is 0 Å². The van der Waals surface area contributed by atoms with E-state index in [2.05, 4.69) is 25.5 Å². The van der Waals surface area contributed by atoms with Gasteiger partial charge in [-0.1, -0.05) is 35.5 Å². The Bertz CT molecular complexity index is 933. The van der Waals surface area contributed by atoms with Gasteiger partial charge in [0.1, 0.15) is 11.8 Å². The molecule has 1 unspecified atom stereocenters. The van der Waals surface area contributed by atoms with E-state index >= 15 is 0 Å². The Kier molecular flexibility index (Phi) is 5.38. The van der Waals surface area contributed by atoms with Crippen LogP contribution in [0.15, 0.2) is 58.3 Å². The van der Waals surface area contributed by atoms with Crippen molar-refractivity contribution in [3.63, 3.8) is 0 Å². The van der Waals surface area contributed by atoms with Crippen LogP contribution in [0.1, 0.15) is 17.4 Å². The third kappa shape index (κ3) is 4.07. The lowest BCUT2D eigenvalue weighted by atomic mass is 10.1. The summed E-state index contributed by atoms with van der Waals surface area (Å²) in [5.41, 5.74) is 2.94. The van der Waals surface area contributed by atoms with Crippen LogP contribution < -0.4 is 5.32 Å². The number of rotatable bonds is 4. The molecule has 0 saturated carbocycles. The lowest BCUT2D eigenvalue weighted by Gasteiger charge is -2.34. The maximum Gasteiger partial charge on any atom is 0.194 e. The summed E-state index contributed by atoms with van der Waals surface area (Å²) in [6, 6.07) is 11.9. The van der Waals surface area contributed by atoms with Gasteiger partial charge in [0, 0.05) is 44.0 Å². The Hall–Kier alpha value is -3.13. The number of aliphatic imine (C=N–C) groups is 1. The van der Waals surface area contributed by atoms with E-state index in [0.29, 0.717) is 13.2 Å². The van der Waals surface area contributed by atoms with Crippen LogP contribution in [0.4, 0.5) is 0 Å². The second-order valence-corrected chi connectivity index (χ2v) is 6.70. The van der Waals surface area contributed by atoms with Crippen molar-refractivity contribution < 1.29 is 9.26 Å². The van der Waals surface area contributed by atoms with Crippen molar-refractivity contribution in [2.45, 2.75) is 12.6 Å². The summed E-state index contributed by atoms with van der Waals surface area (Å²) in [7, 11) is 3.69. The van der Waals surface area contributed by atoms with Crippen LogP contribution in [0.25, 0.3) is 11.3 Å². The summed E-state index contributed by atoms with van der Waals surface area (Å²) in [6.07, 6.45) is 3.82. The van der Waals surface area contributed by atoms with Crippen molar-refractivity contribution in [3.8, 4) is 11.3 Å². The molecule has 8 nitrogen and oxygen atoms in total. The average molecular weight is 380 g/mol. The average Bonchev–Trinajstić information content (AvgIpc) is 3.39. The van der Waals surface area contributed by atoms with Crippen molar-refractivity contribution in [3.05, 3.63) is 60.1 Å². The molecule has 1 aliphatic rings. The first-order valence-electron chi connectivity index (χ1n) is 9.29. The van der Waals surface area contributed by atoms with Crippen LogP contribution in [0, 0.1) is 0 Å². The molecule has 28 heavy (non-hydrogen) atoms. The van der Waals surface area contributed by atoms with Crippen LogP contribution in [-0.2, 0) is 18.3 Å². The Morgan fingerprint density at radius 3 is 2.93 bits per heavy atom. The van der Waals surface area contributed by atoms with Crippen LogP contribution in [-0.4, -0.2) is 52.5 Å². The first-order chi connectivity index (χ1) is 13.7. The summed E-state index contributed by atoms with van der Waals surface area (Å²) in [5.74, 6) is 1.58. The molecule has 8 heteroatoms. The number of hydrogen-bond acceptors (Lipinski definition) is 5. The number of aryl methyl sites for hydroxylation is 1. The highest BCUT2D eigenvalue weighted by Gasteiger charge is 2.25. The number of nitrogens with zero attached hydrogens (tertiary/aromatic N) is 5. The zero-order valence-electron chi connectivity index (χ0n) is 16.1. The SMILES string of the molecule is CN=C(NCc1cc(-c2ccccc2)no1)N1CCOC(c2cnn(C)c2)C1. The minimum absolute atomic E-state index is 0.0176. The number of benzene rings is 1. The van der Waals surface area contributed by atoms with E-state index in [1.807, 2.05) is 55.8 Å². The normalized spacial score (nSPS) is 17.7. The monoisotopic (exact) mass is 380 g/mol. The molecule has 4 rings (SSSR count). The highest BCUT2D eigenvalue weighted by molar-refractivity contribution is 5.80. The second kappa shape index (κ2) is 8.26. The molecule has 1 saturated heterocycles. The van der Waals surface area contributed by atoms with E-state index in [9.17, 15) is 0 Å². The molecule has 0 amide bonds. The smallest absolute Gasteiger partial charge is 0.194 e. The van der Waals surface area contributed by atoms with E-state index in [1.54, 1.807) is 11.7 Å². The van der Waals surface area contributed by atoms with E-state index in [1.165, 1.54) is 0 Å². The first-order valence-corrected chi connectivity index (χ1v) is 9.29. The summed E-state index contributed by atoms with van der Waals surface area (Å²) in [6.45, 7) is 2.65. The zero-order chi connectivity index (χ0) is 19.3. The molecule has 0 spiro atoms. The third-order valence-electron chi connectivity index (χ3n) is 4.72. The fourth-order valence-electron chi connectivity index (χ4n) is 3.29. The molecule has 1 atom stereocenters. The van der Waals surface area contributed by atoms with E-state index < -0.39 is 0 Å². The molecule has 1 aromatic carbocycles. The maximum atomic E-state index is 5.91. The number of morpholine rings is 1. The molecular formula is C20H24N6O2. The zero-order valence-corrected chi connectivity index (χ0v) is 16.1. The Labute approximate surface area is 163 Å². The van der Waals surface area contributed by atoms with Gasteiger partial charge in [0.25, 0.3) is 0 Å². The number of guanidine groups is 1. The maximum absolute atomic E-state index is 5.91. The summed E-state index contributed by atoms with van der Waals surface area (Å²) < 4.78 is 13.2. The van der Waals surface area contributed by atoms with Crippen molar-refractivity contribution in [1.82, 2.24) is 25.2 Å². The standard InChI is InChI=1S/C20H24N6O2/c1-21-20(26-8-9-27-19(14-26)16-11-23-25(2)13-16)22-12-17-10-18(24-28-17)15-6-4-3-5-7-15/h3-7,10-11,13,19H,8-9,12,14H2,1-2H3,(H,21,22). The van der Waals surface area contributed by atoms with Gasteiger partial charge in [0.15, 0.2) is 11.7 Å². The van der Waals surface area contributed by atoms with Crippen LogP contribution >= 0.6 is 0 Å². The van der Waals surface area contributed by atoms with Crippen LogP contribution in [0.5, 0.6) is 0 Å². The Balaban J connectivity index is 1.38. The second-order valence-electron chi connectivity index (χ2n) is 6.70. The molecule has 2 aromatic heterocycles. The van der Waals surface area contributed by atoms with E-state index in [0.717, 1.165) is 41.6 Å². The molecule has 1 fully saturated rings. The number of ether oxygens (including phenoxy) is 1. The predicted molar refractivity (Wildman–Crippen MR) is 106 cm³/mol.